The number of fused-ring (bicyclic) bond motifs is 3. The smallest absolute Gasteiger partial charge is 0.269 e. The number of hydrogen-bond acceptors (Lipinski definition) is 2. The second-order valence-corrected chi connectivity index (χ2v) is 23.0. The van der Waals surface area contributed by atoms with E-state index in [0.717, 1.165) is 56.1 Å². The fourth-order valence-corrected chi connectivity index (χ4v) is 10.8. The molecule has 0 radical (unpaired) electrons. The number of pyridine rings is 1. The largest absolute Gasteiger partial charge is 0.458 e. The van der Waals surface area contributed by atoms with Crippen LogP contribution in [0.3, 0.4) is 0 Å². The Balaban J connectivity index is 1.15. The molecule has 5 nitrogen and oxygen atoms in total. The van der Waals surface area contributed by atoms with Crippen LogP contribution in [-0.4, -0.2) is 14.1 Å². The minimum atomic E-state index is -0.266. The van der Waals surface area contributed by atoms with E-state index in [1.807, 2.05) is 6.20 Å². The topological polar surface area (TPSA) is 35.9 Å². The number of aromatic nitrogens is 4. The van der Waals surface area contributed by atoms with Crippen LogP contribution in [0.15, 0.2) is 188 Å². The van der Waals surface area contributed by atoms with Gasteiger partial charge in [-0.25, -0.2) is 4.98 Å². The fraction of sp³-hybridized carbons (Fsp3) is 0.254. The molecule has 0 unspecified atom stereocenters. The summed E-state index contributed by atoms with van der Waals surface area (Å²) in [6.07, 6.45) is 5.92. The molecule has 0 aliphatic carbocycles. The molecule has 5 heteroatoms. The standard InChI is InChI=1S/C67H68N4O/c1-45(2)55-30-19-20-31-56(55)46-38-52(70-44-69(62(64(3,4)5)63(70)65(6,7)8)51-29-23-28-49(40-51)66(9,10)47-24-15-13-16-25-47)42-54(39-46)72-53-34-35-58-57-32-21-22-33-59(57)71(60(58)43-53)61-41-50(36-37-68-61)67(11,12)48-26-17-14-18-27-48/h13-43,45H,1-12H3. The summed E-state index contributed by atoms with van der Waals surface area (Å²) in [5.74, 6) is 2.66. The second kappa shape index (κ2) is 18.3. The van der Waals surface area contributed by atoms with Gasteiger partial charge in [-0.1, -0.05) is 198 Å². The molecule has 0 atom stereocenters. The lowest BCUT2D eigenvalue weighted by Gasteiger charge is -2.30. The third-order valence-electron chi connectivity index (χ3n) is 14.7. The summed E-state index contributed by atoms with van der Waals surface area (Å²) in [5.41, 5.74) is 14.2. The van der Waals surface area contributed by atoms with Crippen LogP contribution in [-0.2, 0) is 21.7 Å². The van der Waals surface area contributed by atoms with Gasteiger partial charge in [0.2, 0.25) is 0 Å². The van der Waals surface area contributed by atoms with Gasteiger partial charge in [0.15, 0.2) is 0 Å². The first-order valence-corrected chi connectivity index (χ1v) is 25.6. The molecule has 10 rings (SSSR count). The van der Waals surface area contributed by atoms with Crippen molar-refractivity contribution in [2.24, 2.45) is 0 Å². The Kier molecular flexibility index (Phi) is 12.2. The highest BCUT2D eigenvalue weighted by Crippen LogP contribution is 2.42. The maximum Gasteiger partial charge on any atom is 0.269 e. The zero-order valence-electron chi connectivity index (χ0n) is 44.2. The molecule has 0 bridgehead atoms. The number of ether oxygens (including phenoxy) is 1. The normalized spacial score (nSPS) is 12.6. The Labute approximate surface area is 427 Å². The van der Waals surface area contributed by atoms with Crippen LogP contribution >= 0.6 is 0 Å². The van der Waals surface area contributed by atoms with Crippen LogP contribution < -0.4 is 9.30 Å². The van der Waals surface area contributed by atoms with Crippen LogP contribution in [0.5, 0.6) is 11.5 Å². The van der Waals surface area contributed by atoms with Crippen molar-refractivity contribution in [3.8, 4) is 39.8 Å². The van der Waals surface area contributed by atoms with Crippen LogP contribution in [0.1, 0.15) is 128 Å². The number of benzene rings is 7. The summed E-state index contributed by atoms with van der Waals surface area (Å²) in [7, 11) is 0. The first-order valence-electron chi connectivity index (χ1n) is 25.6. The molecule has 0 amide bonds. The molecule has 0 saturated heterocycles. The maximum atomic E-state index is 7.18. The van der Waals surface area contributed by atoms with E-state index in [9.17, 15) is 0 Å². The SMILES string of the molecule is CC(C)c1ccccc1-c1cc(Oc2ccc3c4ccccc4n(-c4cc(C(C)(C)c5ccccc5)ccn4)c3c2)cc(-n2[c-][n+](-c3cccc(C(C)(C)c4ccccc4)c3)c(C(C)(C)C)c2C(C)(C)C)c1. The van der Waals surface area contributed by atoms with Crippen molar-refractivity contribution in [3.63, 3.8) is 0 Å². The number of hydrogen-bond donors (Lipinski definition) is 0. The van der Waals surface area contributed by atoms with Gasteiger partial charge in [0, 0.05) is 33.9 Å². The van der Waals surface area contributed by atoms with Crippen molar-refractivity contribution in [3.05, 3.63) is 234 Å². The minimum Gasteiger partial charge on any atom is -0.458 e. The summed E-state index contributed by atoms with van der Waals surface area (Å²) in [5, 5.41) is 2.30. The third kappa shape index (κ3) is 8.84. The minimum absolute atomic E-state index is 0.212. The summed E-state index contributed by atoms with van der Waals surface area (Å²) in [4.78, 5) is 5.04. The lowest BCUT2D eigenvalue weighted by molar-refractivity contribution is -0.611. The first-order chi connectivity index (χ1) is 34.3. The number of nitrogens with zero attached hydrogens (tertiary/aromatic N) is 4. The lowest BCUT2D eigenvalue weighted by Crippen LogP contribution is -2.41. The van der Waals surface area contributed by atoms with E-state index in [1.54, 1.807) is 0 Å². The number of para-hydroxylation sites is 1. The van der Waals surface area contributed by atoms with Crippen molar-refractivity contribution >= 4 is 21.8 Å². The van der Waals surface area contributed by atoms with Gasteiger partial charge in [0.1, 0.15) is 17.3 Å². The van der Waals surface area contributed by atoms with Gasteiger partial charge in [-0.3, -0.25) is 13.7 Å². The van der Waals surface area contributed by atoms with Crippen molar-refractivity contribution in [1.82, 2.24) is 14.1 Å². The van der Waals surface area contributed by atoms with Crippen LogP contribution in [0.2, 0.25) is 0 Å². The van der Waals surface area contributed by atoms with E-state index < -0.39 is 0 Å². The quantitative estimate of drug-likeness (QED) is 0.0957. The zero-order chi connectivity index (χ0) is 50.7. The summed E-state index contributed by atoms with van der Waals surface area (Å²) < 4.78 is 14.1. The first kappa shape index (κ1) is 48.1. The van der Waals surface area contributed by atoms with Crippen LogP contribution in [0, 0.1) is 6.33 Å². The Morgan fingerprint density at radius 3 is 1.79 bits per heavy atom. The van der Waals surface area contributed by atoms with E-state index in [0.29, 0.717) is 5.92 Å². The molecule has 0 aliphatic heterocycles. The van der Waals surface area contributed by atoms with Gasteiger partial charge in [-0.2, -0.15) is 0 Å². The number of rotatable bonds is 11. The summed E-state index contributed by atoms with van der Waals surface area (Å²) in [6.45, 7) is 27.6. The predicted octanol–water partition coefficient (Wildman–Crippen LogP) is 16.9. The molecule has 0 saturated carbocycles. The molecule has 3 heterocycles. The Morgan fingerprint density at radius 2 is 1.12 bits per heavy atom. The lowest BCUT2D eigenvalue weighted by atomic mass is 9.78. The molecule has 362 valence electrons. The average Bonchev–Trinajstić information content (AvgIpc) is 3.95. The molecule has 0 aliphatic rings. The van der Waals surface area contributed by atoms with Crippen LogP contribution in [0.25, 0.3) is 50.1 Å². The molecule has 7 aromatic carbocycles. The van der Waals surface area contributed by atoms with Crippen molar-refractivity contribution in [2.45, 2.75) is 111 Å². The molecule has 72 heavy (non-hydrogen) atoms. The highest BCUT2D eigenvalue weighted by atomic mass is 16.5. The molecule has 0 fully saturated rings. The fourth-order valence-electron chi connectivity index (χ4n) is 10.8. The average molecular weight is 945 g/mol. The number of imidazole rings is 1. The van der Waals surface area contributed by atoms with E-state index in [-0.39, 0.29) is 21.7 Å². The molecule has 0 spiro atoms. The predicted molar refractivity (Wildman–Crippen MR) is 299 cm³/mol. The molecule has 3 aromatic heterocycles. The van der Waals surface area contributed by atoms with Crippen LogP contribution in [0.4, 0.5) is 0 Å². The summed E-state index contributed by atoms with van der Waals surface area (Å²) in [6, 6.07) is 65.5. The van der Waals surface area contributed by atoms with Crippen molar-refractivity contribution in [2.75, 3.05) is 0 Å². The highest BCUT2D eigenvalue weighted by molar-refractivity contribution is 6.09. The molecular formula is C67H68N4O. The Bertz CT molecular complexity index is 3590. The monoisotopic (exact) mass is 945 g/mol. The Hall–Kier alpha value is -7.50. The van der Waals surface area contributed by atoms with E-state index in [2.05, 4.69) is 285 Å². The highest BCUT2D eigenvalue weighted by Gasteiger charge is 2.35. The van der Waals surface area contributed by atoms with Gasteiger partial charge in [0.25, 0.3) is 6.33 Å². The third-order valence-corrected chi connectivity index (χ3v) is 14.7. The van der Waals surface area contributed by atoms with E-state index in [4.69, 9.17) is 9.72 Å². The van der Waals surface area contributed by atoms with Gasteiger partial charge >= 0.3 is 0 Å². The molecular weight excluding hydrogens is 877 g/mol. The van der Waals surface area contributed by atoms with Gasteiger partial charge in [0.05, 0.1) is 33.8 Å². The van der Waals surface area contributed by atoms with Gasteiger partial charge < -0.3 is 4.74 Å². The van der Waals surface area contributed by atoms with E-state index >= 15 is 0 Å². The maximum absolute atomic E-state index is 7.18. The molecule has 10 aromatic rings. The van der Waals surface area contributed by atoms with Crippen molar-refractivity contribution < 1.29 is 9.30 Å². The Morgan fingerprint density at radius 1 is 0.514 bits per heavy atom. The van der Waals surface area contributed by atoms with Gasteiger partial charge in [-0.05, 0) is 116 Å². The summed E-state index contributed by atoms with van der Waals surface area (Å²) >= 11 is 0. The molecule has 0 N–H and O–H groups in total. The second-order valence-electron chi connectivity index (χ2n) is 23.0. The van der Waals surface area contributed by atoms with Gasteiger partial charge in [-0.15, -0.1) is 0 Å². The van der Waals surface area contributed by atoms with Crippen molar-refractivity contribution in [1.29, 1.82) is 0 Å². The van der Waals surface area contributed by atoms with E-state index in [1.165, 1.54) is 44.8 Å². The zero-order valence-corrected chi connectivity index (χ0v) is 44.2.